The molecule has 0 aliphatic carbocycles. The minimum atomic E-state index is -0.208. The molecular weight excluding hydrogens is 408 g/mol. The first-order chi connectivity index (χ1) is 16.0. The van der Waals surface area contributed by atoms with Crippen LogP contribution in [0, 0.1) is 0 Å². The van der Waals surface area contributed by atoms with Crippen molar-refractivity contribution >= 4 is 44.4 Å². The lowest BCUT2D eigenvalue weighted by atomic mass is 10.0. The van der Waals surface area contributed by atoms with Gasteiger partial charge in [-0.15, -0.1) is 0 Å². The van der Waals surface area contributed by atoms with Crippen LogP contribution in [0.3, 0.4) is 0 Å². The second-order valence-corrected chi connectivity index (χ2v) is 9.29. The normalized spacial score (nSPS) is 12.1. The van der Waals surface area contributed by atoms with E-state index in [1.165, 1.54) is 0 Å². The number of hydrogen-bond acceptors (Lipinski definition) is 4. The lowest BCUT2D eigenvalue weighted by Gasteiger charge is -2.37. The third-order valence-corrected chi connectivity index (χ3v) is 5.95. The van der Waals surface area contributed by atoms with Crippen molar-refractivity contribution in [1.29, 1.82) is 0 Å². The molecule has 0 atom stereocenters. The van der Waals surface area contributed by atoms with Crippen LogP contribution >= 0.6 is 0 Å². The summed E-state index contributed by atoms with van der Waals surface area (Å²) in [7, 11) is 0. The van der Waals surface area contributed by atoms with Gasteiger partial charge in [-0.2, -0.15) is 0 Å². The average Bonchev–Trinajstić information content (AvgIpc) is 3.41. The van der Waals surface area contributed by atoms with Gasteiger partial charge in [-0.05, 0) is 63.2 Å². The number of para-hydroxylation sites is 2. The van der Waals surface area contributed by atoms with Crippen molar-refractivity contribution in [3.63, 3.8) is 0 Å². The Labute approximate surface area is 192 Å². The molecular formula is C29H24N2O2. The Morgan fingerprint density at radius 3 is 2.21 bits per heavy atom. The molecule has 0 radical (unpaired) electrons. The fraction of sp³-hybridized carbons (Fsp3) is 0.138. The molecule has 4 nitrogen and oxygen atoms in total. The summed E-state index contributed by atoms with van der Waals surface area (Å²) >= 11 is 0. The van der Waals surface area contributed by atoms with Crippen LogP contribution in [-0.2, 0) is 0 Å². The highest BCUT2D eigenvalue weighted by molar-refractivity contribution is 6.06. The molecule has 2 heterocycles. The van der Waals surface area contributed by atoms with Gasteiger partial charge in [0, 0.05) is 33.6 Å². The zero-order valence-electron chi connectivity index (χ0n) is 18.9. The maximum absolute atomic E-state index is 6.18. The number of benzene rings is 4. The molecule has 0 amide bonds. The molecule has 0 unspecified atom stereocenters. The molecule has 0 spiro atoms. The van der Waals surface area contributed by atoms with E-state index < -0.39 is 0 Å². The van der Waals surface area contributed by atoms with Crippen LogP contribution in [0.4, 0.5) is 11.4 Å². The van der Waals surface area contributed by atoms with Gasteiger partial charge in [-0.3, -0.25) is 0 Å². The lowest BCUT2D eigenvalue weighted by molar-refractivity contribution is 0.561. The summed E-state index contributed by atoms with van der Waals surface area (Å²) in [5, 5.41) is 2.25. The Balaban J connectivity index is 1.54. The van der Waals surface area contributed by atoms with Gasteiger partial charge >= 0.3 is 0 Å². The van der Waals surface area contributed by atoms with Crippen LogP contribution in [0.5, 0.6) is 0 Å². The largest absolute Gasteiger partial charge is 0.456 e. The van der Waals surface area contributed by atoms with Gasteiger partial charge in [0.15, 0.2) is 5.58 Å². The van der Waals surface area contributed by atoms with Crippen molar-refractivity contribution in [2.45, 2.75) is 26.3 Å². The van der Waals surface area contributed by atoms with Crippen LogP contribution in [0.25, 0.3) is 44.5 Å². The summed E-state index contributed by atoms with van der Waals surface area (Å²) in [6.45, 7) is 6.60. The molecule has 6 aromatic rings. The molecule has 2 aromatic heterocycles. The van der Waals surface area contributed by atoms with Crippen molar-refractivity contribution in [1.82, 2.24) is 4.98 Å². The second kappa shape index (κ2) is 7.24. The Morgan fingerprint density at radius 2 is 1.39 bits per heavy atom. The molecule has 33 heavy (non-hydrogen) atoms. The van der Waals surface area contributed by atoms with E-state index in [0.29, 0.717) is 5.89 Å². The number of oxazole rings is 1. The summed E-state index contributed by atoms with van der Waals surface area (Å²) < 4.78 is 12.3. The maximum atomic E-state index is 6.18. The van der Waals surface area contributed by atoms with E-state index in [2.05, 4.69) is 56.0 Å². The van der Waals surface area contributed by atoms with E-state index in [-0.39, 0.29) is 5.54 Å². The average molecular weight is 433 g/mol. The van der Waals surface area contributed by atoms with E-state index in [0.717, 1.165) is 50.0 Å². The van der Waals surface area contributed by atoms with Gasteiger partial charge < -0.3 is 13.7 Å². The van der Waals surface area contributed by atoms with Crippen molar-refractivity contribution in [3.8, 4) is 11.5 Å². The molecule has 0 saturated carbocycles. The number of aromatic nitrogens is 1. The highest BCUT2D eigenvalue weighted by atomic mass is 16.3. The van der Waals surface area contributed by atoms with Crippen LogP contribution in [0.1, 0.15) is 20.8 Å². The third-order valence-electron chi connectivity index (χ3n) is 5.95. The molecule has 0 aliphatic rings. The van der Waals surface area contributed by atoms with E-state index in [9.17, 15) is 0 Å². The zero-order valence-corrected chi connectivity index (χ0v) is 18.9. The minimum Gasteiger partial charge on any atom is -0.456 e. The van der Waals surface area contributed by atoms with Crippen molar-refractivity contribution in [3.05, 3.63) is 91.0 Å². The smallest absolute Gasteiger partial charge is 0.227 e. The summed E-state index contributed by atoms with van der Waals surface area (Å²) in [4.78, 5) is 7.21. The number of hydrogen-bond donors (Lipinski definition) is 0. The van der Waals surface area contributed by atoms with Gasteiger partial charge in [0.05, 0.1) is 5.69 Å². The molecule has 0 bridgehead atoms. The molecule has 0 N–H and O–H groups in total. The number of fused-ring (bicyclic) bond motifs is 4. The van der Waals surface area contributed by atoms with Gasteiger partial charge in [-0.25, -0.2) is 4.98 Å². The first kappa shape index (κ1) is 19.6. The summed E-state index contributed by atoms with van der Waals surface area (Å²) in [5.41, 5.74) is 6.19. The molecule has 4 aromatic carbocycles. The zero-order chi connectivity index (χ0) is 22.6. The van der Waals surface area contributed by atoms with Gasteiger partial charge in [-0.1, -0.05) is 42.5 Å². The molecule has 0 saturated heterocycles. The second-order valence-electron chi connectivity index (χ2n) is 9.29. The third kappa shape index (κ3) is 3.26. The summed E-state index contributed by atoms with van der Waals surface area (Å²) in [6.07, 6.45) is 0. The van der Waals surface area contributed by atoms with Crippen LogP contribution < -0.4 is 4.90 Å². The number of furan rings is 1. The number of nitrogens with zero attached hydrogens (tertiary/aromatic N) is 2. The van der Waals surface area contributed by atoms with E-state index >= 15 is 0 Å². The predicted molar refractivity (Wildman–Crippen MR) is 135 cm³/mol. The monoisotopic (exact) mass is 432 g/mol. The summed E-state index contributed by atoms with van der Waals surface area (Å²) in [5.74, 6) is 0.625. The Bertz CT molecular complexity index is 1600. The quantitative estimate of drug-likeness (QED) is 0.282. The van der Waals surface area contributed by atoms with Crippen molar-refractivity contribution < 1.29 is 8.83 Å². The molecule has 162 valence electrons. The van der Waals surface area contributed by atoms with E-state index in [1.54, 1.807) is 0 Å². The van der Waals surface area contributed by atoms with Gasteiger partial charge in [0.1, 0.15) is 16.7 Å². The topological polar surface area (TPSA) is 42.4 Å². The summed E-state index contributed by atoms with van der Waals surface area (Å²) in [6, 6.07) is 30.7. The fourth-order valence-electron chi connectivity index (χ4n) is 4.56. The van der Waals surface area contributed by atoms with Gasteiger partial charge in [0.2, 0.25) is 5.89 Å². The predicted octanol–water partition coefficient (Wildman–Crippen LogP) is 8.33. The Kier molecular flexibility index (Phi) is 4.31. The number of anilines is 2. The minimum absolute atomic E-state index is 0.208. The first-order valence-electron chi connectivity index (χ1n) is 11.2. The molecule has 4 heteroatoms. The van der Waals surface area contributed by atoms with Crippen molar-refractivity contribution in [2.24, 2.45) is 0 Å². The van der Waals surface area contributed by atoms with E-state index in [1.807, 2.05) is 60.7 Å². The first-order valence-corrected chi connectivity index (χ1v) is 11.2. The standard InChI is InChI=1S/C29H24N2O2/c1-29(2,3)31(20-16-17-22-21-12-7-8-14-24(21)32-26(22)18-20)23-13-9-15-25-27(23)30-28(33-25)19-10-5-4-6-11-19/h4-18H,1-3H3. The maximum Gasteiger partial charge on any atom is 0.227 e. The SMILES string of the molecule is CC(C)(C)N(c1ccc2c(c1)oc1ccccc12)c1cccc2oc(-c3ccccc3)nc12. The Hall–Kier alpha value is -4.05. The molecule has 0 aliphatic heterocycles. The molecule has 0 fully saturated rings. The highest BCUT2D eigenvalue weighted by Gasteiger charge is 2.27. The highest BCUT2D eigenvalue weighted by Crippen LogP contribution is 2.41. The van der Waals surface area contributed by atoms with Crippen LogP contribution in [-0.4, -0.2) is 10.5 Å². The Morgan fingerprint density at radius 1 is 0.667 bits per heavy atom. The lowest BCUT2D eigenvalue weighted by Crippen LogP contribution is -2.37. The fourth-order valence-corrected chi connectivity index (χ4v) is 4.56. The molecule has 6 rings (SSSR count). The van der Waals surface area contributed by atoms with Crippen LogP contribution in [0.2, 0.25) is 0 Å². The number of rotatable bonds is 3. The van der Waals surface area contributed by atoms with Crippen LogP contribution in [0.15, 0.2) is 99.8 Å². The van der Waals surface area contributed by atoms with Crippen molar-refractivity contribution in [2.75, 3.05) is 4.90 Å². The van der Waals surface area contributed by atoms with Gasteiger partial charge in [0.25, 0.3) is 0 Å². The van der Waals surface area contributed by atoms with E-state index in [4.69, 9.17) is 13.8 Å².